The average molecular weight is 488 g/mol. The predicted octanol–water partition coefficient (Wildman–Crippen LogP) is 4.19. The van der Waals surface area contributed by atoms with Crippen LogP contribution in [0.25, 0.3) is 11.3 Å². The van der Waals surface area contributed by atoms with Crippen LogP contribution in [0.3, 0.4) is 0 Å². The highest BCUT2D eigenvalue weighted by atomic mass is 19.4. The fourth-order valence-electron chi connectivity index (χ4n) is 3.71. The molecule has 2 atom stereocenters. The minimum atomic E-state index is -4.59. The summed E-state index contributed by atoms with van der Waals surface area (Å²) in [5.41, 5.74) is -0.110. The first-order valence-corrected chi connectivity index (χ1v) is 11.3. The Labute approximate surface area is 202 Å². The monoisotopic (exact) mass is 487 g/mol. The van der Waals surface area contributed by atoms with E-state index < -0.39 is 35.2 Å². The van der Waals surface area contributed by atoms with Crippen molar-refractivity contribution < 1.29 is 22.7 Å². The van der Waals surface area contributed by atoms with Crippen molar-refractivity contribution in [1.29, 1.82) is 5.26 Å². The van der Waals surface area contributed by atoms with Crippen LogP contribution < -0.4 is 15.4 Å². The number of carbonyl (C=O) groups is 1. The Hall–Kier alpha value is -3.45. The maximum Gasteiger partial charge on any atom is 0.413 e. The van der Waals surface area contributed by atoms with Crippen LogP contribution >= 0.6 is 0 Å². The lowest BCUT2D eigenvalue weighted by atomic mass is 9.85. The number of allylic oxidation sites excluding steroid dienone is 1. The Morgan fingerprint density at radius 3 is 2.57 bits per heavy atom. The molecule has 10 heteroatoms. The second-order valence-corrected chi connectivity index (χ2v) is 8.83. The van der Waals surface area contributed by atoms with Gasteiger partial charge >= 0.3 is 6.18 Å². The van der Waals surface area contributed by atoms with Crippen LogP contribution in [-0.4, -0.2) is 46.8 Å². The highest BCUT2D eigenvalue weighted by molar-refractivity contribution is 5.85. The lowest BCUT2D eigenvalue weighted by Gasteiger charge is -2.31. The van der Waals surface area contributed by atoms with E-state index in [1.54, 1.807) is 38.5 Å². The molecule has 2 aromatic rings. The molecule has 2 aromatic heterocycles. The van der Waals surface area contributed by atoms with E-state index in [9.17, 15) is 18.0 Å². The van der Waals surface area contributed by atoms with Crippen molar-refractivity contribution in [3.63, 3.8) is 0 Å². The second kappa shape index (κ2) is 11.3. The van der Waals surface area contributed by atoms with Crippen LogP contribution in [0.15, 0.2) is 54.5 Å². The zero-order valence-corrected chi connectivity index (χ0v) is 19.6. The fraction of sp³-hybridized carbons (Fsp3) is 0.440. The van der Waals surface area contributed by atoms with Crippen LogP contribution in [0.2, 0.25) is 0 Å². The molecule has 2 N–H and O–H groups in total. The molecule has 0 aliphatic heterocycles. The van der Waals surface area contributed by atoms with Gasteiger partial charge in [0.25, 0.3) is 0 Å². The topological polar surface area (TPSA) is 99.9 Å². The average Bonchev–Trinajstić information content (AvgIpc) is 2.84. The van der Waals surface area contributed by atoms with E-state index in [1.807, 2.05) is 24.3 Å². The first-order chi connectivity index (χ1) is 16.6. The molecule has 0 spiro atoms. The van der Waals surface area contributed by atoms with Gasteiger partial charge in [-0.05, 0) is 63.9 Å². The van der Waals surface area contributed by atoms with Crippen molar-refractivity contribution >= 4 is 5.91 Å². The number of hydrogen-bond acceptors (Lipinski definition) is 6. The van der Waals surface area contributed by atoms with E-state index in [1.165, 1.54) is 0 Å². The zero-order chi connectivity index (χ0) is 25.5. The van der Waals surface area contributed by atoms with Crippen molar-refractivity contribution in [2.75, 3.05) is 13.2 Å². The largest absolute Gasteiger partial charge is 0.492 e. The molecule has 0 radical (unpaired) electrons. The quantitative estimate of drug-likeness (QED) is 0.407. The number of halogens is 3. The molecule has 0 unspecified atom stereocenters. The first-order valence-electron chi connectivity index (χ1n) is 11.3. The second-order valence-electron chi connectivity index (χ2n) is 8.83. The number of aromatic nitrogens is 2. The molecule has 1 aliphatic carbocycles. The third kappa shape index (κ3) is 7.26. The molecular weight excluding hydrogens is 459 g/mol. The molecule has 1 amide bonds. The third-order valence-corrected chi connectivity index (χ3v) is 5.76. The number of carbonyl (C=O) groups excluding carboxylic acids is 1. The number of hydrogen-bond donors (Lipinski definition) is 2. The molecule has 35 heavy (non-hydrogen) atoms. The molecule has 7 nitrogen and oxygen atoms in total. The lowest BCUT2D eigenvalue weighted by molar-refractivity contribution is -0.127. The van der Waals surface area contributed by atoms with E-state index in [4.69, 9.17) is 10.00 Å². The Morgan fingerprint density at radius 1 is 1.20 bits per heavy atom. The van der Waals surface area contributed by atoms with Crippen LogP contribution in [-0.2, 0) is 4.79 Å². The van der Waals surface area contributed by atoms with Gasteiger partial charge in [-0.3, -0.25) is 14.8 Å². The Bertz CT molecular complexity index is 1060. The van der Waals surface area contributed by atoms with Gasteiger partial charge in [0, 0.05) is 29.6 Å². The Morgan fingerprint density at radius 2 is 1.94 bits per heavy atom. The molecule has 3 rings (SSSR count). The summed E-state index contributed by atoms with van der Waals surface area (Å²) in [7, 11) is 0. The summed E-state index contributed by atoms with van der Waals surface area (Å²) in [5.74, 6) is -0.983. The van der Waals surface area contributed by atoms with Crippen LogP contribution in [0, 0.1) is 17.2 Å². The molecule has 0 bridgehead atoms. The number of alkyl halides is 3. The van der Waals surface area contributed by atoms with Crippen molar-refractivity contribution in [1.82, 2.24) is 20.6 Å². The lowest BCUT2D eigenvalue weighted by Crippen LogP contribution is -2.55. The highest BCUT2D eigenvalue weighted by Crippen LogP contribution is 2.37. The zero-order valence-electron chi connectivity index (χ0n) is 19.6. The van der Waals surface area contributed by atoms with Crippen molar-refractivity contribution in [3.8, 4) is 23.1 Å². The van der Waals surface area contributed by atoms with Gasteiger partial charge < -0.3 is 15.4 Å². The molecule has 0 saturated carbocycles. The number of nitrogens with one attached hydrogen (secondary N) is 2. The molecule has 0 fully saturated rings. The Kier molecular flexibility index (Phi) is 8.46. The molecule has 1 aliphatic rings. The standard InChI is InChI=1S/C25H28F3N5O2/c1-24(2,23(34)33-19-5-4-18(15-29)21(14-19)25(26,27)28)32-10-3-13-35-20-6-7-22(31-16-20)17-8-11-30-12-9-17/h6-9,11-12,14,16,18-19,32H,3-5,10,13H2,1-2H3,(H,33,34)/t18-,19-/m0/s1. The van der Waals surface area contributed by atoms with Gasteiger partial charge in [0.1, 0.15) is 5.75 Å². The van der Waals surface area contributed by atoms with E-state index in [-0.39, 0.29) is 12.8 Å². The number of ether oxygens (including phenoxy) is 1. The molecular formula is C25H28F3N5O2. The number of nitrogens with zero attached hydrogens (tertiary/aromatic N) is 3. The van der Waals surface area contributed by atoms with E-state index in [0.29, 0.717) is 25.3 Å². The van der Waals surface area contributed by atoms with Crippen LogP contribution in [0.1, 0.15) is 33.1 Å². The summed E-state index contributed by atoms with van der Waals surface area (Å²) in [6, 6.07) is 8.36. The van der Waals surface area contributed by atoms with Gasteiger partial charge in [0.15, 0.2) is 0 Å². The van der Waals surface area contributed by atoms with Crippen molar-refractivity contribution in [3.05, 3.63) is 54.5 Å². The molecule has 186 valence electrons. The van der Waals surface area contributed by atoms with Crippen molar-refractivity contribution in [2.45, 2.75) is 50.9 Å². The summed E-state index contributed by atoms with van der Waals surface area (Å²) in [4.78, 5) is 21.0. The maximum atomic E-state index is 13.2. The number of amides is 1. The predicted molar refractivity (Wildman–Crippen MR) is 124 cm³/mol. The minimum absolute atomic E-state index is 0.0520. The first kappa shape index (κ1) is 26.2. The van der Waals surface area contributed by atoms with Gasteiger partial charge in [-0.25, -0.2) is 0 Å². The smallest absolute Gasteiger partial charge is 0.413 e. The van der Waals surface area contributed by atoms with Gasteiger partial charge in [-0.1, -0.05) is 6.08 Å². The number of pyridine rings is 2. The summed E-state index contributed by atoms with van der Waals surface area (Å²) in [5, 5.41) is 14.8. The van der Waals surface area contributed by atoms with Gasteiger partial charge in [0.2, 0.25) is 5.91 Å². The summed E-state index contributed by atoms with van der Waals surface area (Å²) < 4.78 is 45.4. The molecule has 0 saturated heterocycles. The number of nitriles is 1. The van der Waals surface area contributed by atoms with Crippen LogP contribution in [0.5, 0.6) is 5.75 Å². The molecule has 0 aromatic carbocycles. The van der Waals surface area contributed by atoms with Crippen molar-refractivity contribution in [2.24, 2.45) is 5.92 Å². The summed E-state index contributed by atoms with van der Waals surface area (Å²) in [6.07, 6.45) is 2.35. The fourth-order valence-corrected chi connectivity index (χ4v) is 3.71. The van der Waals surface area contributed by atoms with Crippen LogP contribution in [0.4, 0.5) is 13.2 Å². The number of rotatable bonds is 9. The Balaban J connectivity index is 1.43. The highest BCUT2D eigenvalue weighted by Gasteiger charge is 2.42. The minimum Gasteiger partial charge on any atom is -0.492 e. The van der Waals surface area contributed by atoms with Gasteiger partial charge in [-0.2, -0.15) is 18.4 Å². The van der Waals surface area contributed by atoms with Gasteiger partial charge in [-0.15, -0.1) is 0 Å². The normalized spacial score (nSPS) is 18.3. The molecule has 2 heterocycles. The maximum absolute atomic E-state index is 13.2. The van der Waals surface area contributed by atoms with Gasteiger partial charge in [0.05, 0.1) is 36.0 Å². The van der Waals surface area contributed by atoms with E-state index in [0.717, 1.165) is 17.3 Å². The van der Waals surface area contributed by atoms with E-state index in [2.05, 4.69) is 20.6 Å². The SMILES string of the molecule is CC(C)(NCCCOc1ccc(-c2ccncc2)nc1)C(=O)N[C@@H]1C=C(C(F)(F)F)[C@H](C#N)CC1. The summed E-state index contributed by atoms with van der Waals surface area (Å²) >= 11 is 0. The van der Waals surface area contributed by atoms with E-state index >= 15 is 0 Å². The summed E-state index contributed by atoms with van der Waals surface area (Å²) in [6.45, 7) is 4.20. The third-order valence-electron chi connectivity index (χ3n) is 5.76.